The van der Waals surface area contributed by atoms with Crippen molar-refractivity contribution >= 4 is 17.5 Å². The Hall–Kier alpha value is -3.54. The Balaban J connectivity index is 1.30. The van der Waals surface area contributed by atoms with Crippen molar-refractivity contribution in [2.24, 2.45) is 0 Å². The van der Waals surface area contributed by atoms with Gasteiger partial charge in [-0.25, -0.2) is 0 Å². The highest BCUT2D eigenvalue weighted by Crippen LogP contribution is 2.21. The van der Waals surface area contributed by atoms with Crippen molar-refractivity contribution in [1.82, 2.24) is 9.80 Å². The van der Waals surface area contributed by atoms with Crippen molar-refractivity contribution in [2.75, 3.05) is 31.5 Å². The molecule has 1 atom stereocenters. The summed E-state index contributed by atoms with van der Waals surface area (Å²) in [6.07, 6.45) is 1.49. The molecular weight excluding hydrogens is 378 g/mol. The van der Waals surface area contributed by atoms with E-state index in [9.17, 15) is 9.59 Å². The molecule has 30 heavy (non-hydrogen) atoms. The quantitative estimate of drug-likeness (QED) is 0.705. The van der Waals surface area contributed by atoms with Crippen molar-refractivity contribution in [2.45, 2.75) is 13.0 Å². The second-order valence-electron chi connectivity index (χ2n) is 7.40. The monoisotopic (exact) mass is 403 g/mol. The van der Waals surface area contributed by atoms with E-state index >= 15 is 0 Å². The largest absolute Gasteiger partial charge is 0.459 e. The fourth-order valence-electron chi connectivity index (χ4n) is 3.66. The van der Waals surface area contributed by atoms with Gasteiger partial charge in [0.1, 0.15) is 6.04 Å². The minimum Gasteiger partial charge on any atom is -0.459 e. The zero-order valence-corrected chi connectivity index (χ0v) is 17.0. The summed E-state index contributed by atoms with van der Waals surface area (Å²) in [6, 6.07) is 21.3. The van der Waals surface area contributed by atoms with E-state index in [1.54, 1.807) is 17.0 Å². The first-order valence-electron chi connectivity index (χ1n) is 10.2. The van der Waals surface area contributed by atoms with Gasteiger partial charge < -0.3 is 19.5 Å². The first-order valence-corrected chi connectivity index (χ1v) is 10.2. The molecule has 1 unspecified atom stereocenters. The number of carbonyl (C=O) groups is 2. The van der Waals surface area contributed by atoms with Gasteiger partial charge in [-0.05, 0) is 42.3 Å². The maximum atomic E-state index is 12.8. The van der Waals surface area contributed by atoms with Gasteiger partial charge in [-0.2, -0.15) is 0 Å². The fraction of sp³-hybridized carbons (Fsp3) is 0.250. The van der Waals surface area contributed by atoms with E-state index in [4.69, 9.17) is 4.42 Å². The van der Waals surface area contributed by atoms with Crippen LogP contribution in [-0.4, -0.2) is 53.8 Å². The number of amides is 2. The number of nitrogens with zero attached hydrogens (tertiary/aromatic N) is 2. The Morgan fingerprint density at radius 3 is 2.10 bits per heavy atom. The lowest BCUT2D eigenvalue weighted by Gasteiger charge is -2.35. The Bertz CT molecular complexity index is 976. The van der Waals surface area contributed by atoms with Gasteiger partial charge in [-0.15, -0.1) is 0 Å². The molecule has 6 nitrogen and oxygen atoms in total. The van der Waals surface area contributed by atoms with Gasteiger partial charge in [0.2, 0.25) is 5.91 Å². The number of benzene rings is 2. The summed E-state index contributed by atoms with van der Waals surface area (Å²) in [6.45, 7) is 3.91. The molecule has 0 radical (unpaired) electrons. The van der Waals surface area contributed by atoms with Gasteiger partial charge in [-0.1, -0.05) is 42.5 Å². The Labute approximate surface area is 176 Å². The average molecular weight is 403 g/mol. The van der Waals surface area contributed by atoms with Gasteiger partial charge in [0.15, 0.2) is 5.76 Å². The van der Waals surface area contributed by atoms with E-state index in [-0.39, 0.29) is 17.9 Å². The molecular formula is C24H25N3O3. The van der Waals surface area contributed by atoms with Crippen LogP contribution in [0.4, 0.5) is 5.69 Å². The number of carbonyl (C=O) groups excluding carboxylic acids is 2. The maximum absolute atomic E-state index is 12.8. The Kier molecular flexibility index (Phi) is 5.84. The van der Waals surface area contributed by atoms with Gasteiger partial charge in [0, 0.05) is 31.9 Å². The second kappa shape index (κ2) is 8.86. The van der Waals surface area contributed by atoms with Crippen molar-refractivity contribution in [1.29, 1.82) is 0 Å². The first kappa shape index (κ1) is 19.8. The molecule has 2 heterocycles. The van der Waals surface area contributed by atoms with Crippen LogP contribution in [0.3, 0.4) is 0 Å². The zero-order valence-electron chi connectivity index (χ0n) is 17.0. The molecule has 3 aromatic rings. The lowest BCUT2D eigenvalue weighted by Crippen LogP contribution is -2.53. The third-order valence-electron chi connectivity index (χ3n) is 5.36. The molecule has 1 aliphatic rings. The van der Waals surface area contributed by atoms with Gasteiger partial charge in [-0.3, -0.25) is 9.59 Å². The number of hydrogen-bond acceptors (Lipinski definition) is 4. The highest BCUT2D eigenvalue weighted by Gasteiger charge is 2.28. The van der Waals surface area contributed by atoms with Crippen LogP contribution >= 0.6 is 0 Å². The molecule has 6 heteroatoms. The summed E-state index contributed by atoms with van der Waals surface area (Å²) >= 11 is 0. The van der Waals surface area contributed by atoms with Crippen molar-refractivity contribution < 1.29 is 14.0 Å². The van der Waals surface area contributed by atoms with Gasteiger partial charge >= 0.3 is 0 Å². The summed E-state index contributed by atoms with van der Waals surface area (Å²) in [5.74, 6) is 0.243. The lowest BCUT2D eigenvalue weighted by molar-refractivity contribution is -0.133. The molecule has 4 rings (SSSR count). The number of anilines is 1. The third kappa shape index (κ3) is 4.38. The minimum absolute atomic E-state index is 0.0345. The van der Waals surface area contributed by atoms with Crippen LogP contribution in [0.5, 0.6) is 0 Å². The summed E-state index contributed by atoms with van der Waals surface area (Å²) in [7, 11) is 0. The van der Waals surface area contributed by atoms with E-state index in [2.05, 4.69) is 17.4 Å². The van der Waals surface area contributed by atoms with Gasteiger partial charge in [0.25, 0.3) is 5.91 Å². The van der Waals surface area contributed by atoms with Crippen molar-refractivity contribution in [3.63, 3.8) is 0 Å². The third-order valence-corrected chi connectivity index (χ3v) is 5.36. The average Bonchev–Trinajstić information content (AvgIpc) is 3.34. The topological polar surface area (TPSA) is 65.8 Å². The van der Waals surface area contributed by atoms with Crippen LogP contribution in [0.25, 0.3) is 11.1 Å². The van der Waals surface area contributed by atoms with Crippen molar-refractivity contribution in [3.8, 4) is 11.1 Å². The predicted molar refractivity (Wildman–Crippen MR) is 116 cm³/mol. The summed E-state index contributed by atoms with van der Waals surface area (Å²) < 4.78 is 5.18. The second-order valence-corrected chi connectivity index (χ2v) is 7.40. The smallest absolute Gasteiger partial charge is 0.289 e. The standard InChI is InChI=1S/C24H25N3O3/c1-18(25-21-11-9-20(10-12-21)19-6-3-2-4-7-19)23(28)26-13-15-27(16-14-26)24(29)22-8-5-17-30-22/h2-12,17-18,25H,13-16H2,1H3. The van der Waals surface area contributed by atoms with Crippen LogP contribution in [-0.2, 0) is 4.79 Å². The normalized spacial score (nSPS) is 15.0. The molecule has 1 aliphatic heterocycles. The molecule has 154 valence electrons. The number of hydrogen-bond donors (Lipinski definition) is 1. The molecule has 1 saturated heterocycles. The molecule has 1 aromatic heterocycles. The van der Waals surface area contributed by atoms with Crippen LogP contribution in [0.2, 0.25) is 0 Å². The van der Waals surface area contributed by atoms with E-state index in [1.807, 2.05) is 54.3 Å². The van der Waals surface area contributed by atoms with E-state index in [1.165, 1.54) is 6.26 Å². The summed E-state index contributed by atoms with van der Waals surface area (Å²) in [4.78, 5) is 28.7. The van der Waals surface area contributed by atoms with Crippen LogP contribution in [0, 0.1) is 0 Å². The van der Waals surface area contributed by atoms with Gasteiger partial charge in [0.05, 0.1) is 6.26 Å². The highest BCUT2D eigenvalue weighted by molar-refractivity contribution is 5.92. The predicted octanol–water partition coefficient (Wildman–Crippen LogP) is 3.73. The number of furan rings is 1. The first-order chi connectivity index (χ1) is 14.6. The number of rotatable bonds is 5. The minimum atomic E-state index is -0.347. The highest BCUT2D eigenvalue weighted by atomic mass is 16.3. The molecule has 0 aliphatic carbocycles. The molecule has 1 N–H and O–H groups in total. The van der Waals surface area contributed by atoms with E-state index in [0.29, 0.717) is 31.9 Å². The van der Waals surface area contributed by atoms with E-state index in [0.717, 1.165) is 16.8 Å². The Morgan fingerprint density at radius 2 is 1.47 bits per heavy atom. The number of nitrogens with one attached hydrogen (secondary N) is 1. The molecule has 1 fully saturated rings. The molecule has 0 saturated carbocycles. The summed E-state index contributed by atoms with van der Waals surface area (Å²) in [5, 5.41) is 3.29. The SMILES string of the molecule is CC(Nc1ccc(-c2ccccc2)cc1)C(=O)N1CCN(C(=O)c2ccco2)CC1. The van der Waals surface area contributed by atoms with Crippen molar-refractivity contribution in [3.05, 3.63) is 78.8 Å². The molecule has 2 aromatic carbocycles. The van der Waals surface area contributed by atoms with Crippen LogP contribution < -0.4 is 5.32 Å². The molecule has 2 amide bonds. The fourth-order valence-corrected chi connectivity index (χ4v) is 3.66. The summed E-state index contributed by atoms with van der Waals surface area (Å²) in [5.41, 5.74) is 3.20. The lowest BCUT2D eigenvalue weighted by atomic mass is 10.1. The zero-order chi connectivity index (χ0) is 20.9. The molecule has 0 bridgehead atoms. The number of piperazine rings is 1. The van der Waals surface area contributed by atoms with Crippen LogP contribution in [0.15, 0.2) is 77.4 Å². The van der Waals surface area contributed by atoms with E-state index < -0.39 is 0 Å². The van der Waals surface area contributed by atoms with Crippen LogP contribution in [0.1, 0.15) is 17.5 Å². The maximum Gasteiger partial charge on any atom is 0.289 e. The molecule has 0 spiro atoms. The Morgan fingerprint density at radius 1 is 0.833 bits per heavy atom.